The Bertz CT molecular complexity index is 2800. The summed E-state index contributed by atoms with van der Waals surface area (Å²) in [4.78, 5) is 4.86. The SMILES string of the molecule is c1ccc2cc(-n3c4ccccc4c4cc(-c5c6ccccc6c(-c6cnc7ccccc7c6)c6ccccc56)ccc43)ccc2c1. The molecule has 10 aromatic rings. The number of hydrogen-bond donors (Lipinski definition) is 0. The van der Waals surface area contributed by atoms with E-state index in [-0.39, 0.29) is 0 Å². The first-order valence-corrected chi connectivity index (χ1v) is 16.1. The van der Waals surface area contributed by atoms with Gasteiger partial charge in [-0.25, -0.2) is 0 Å². The lowest BCUT2D eigenvalue weighted by Crippen LogP contribution is -1.94. The number of para-hydroxylation sites is 2. The summed E-state index contributed by atoms with van der Waals surface area (Å²) >= 11 is 0. The maximum Gasteiger partial charge on any atom is 0.0702 e. The third-order valence-corrected chi connectivity index (χ3v) is 9.76. The number of rotatable bonds is 3. The molecule has 0 unspecified atom stereocenters. The molecular weight excluding hydrogens is 569 g/mol. The van der Waals surface area contributed by atoms with Gasteiger partial charge in [0.15, 0.2) is 0 Å². The van der Waals surface area contributed by atoms with E-state index in [1.807, 2.05) is 12.3 Å². The minimum Gasteiger partial charge on any atom is -0.309 e. The molecule has 0 saturated heterocycles. The van der Waals surface area contributed by atoms with Gasteiger partial charge < -0.3 is 4.57 Å². The quantitative estimate of drug-likeness (QED) is 0.186. The molecule has 2 nitrogen and oxygen atoms in total. The highest BCUT2D eigenvalue weighted by molar-refractivity contribution is 6.22. The highest BCUT2D eigenvalue weighted by atomic mass is 15.0. The average molecular weight is 597 g/mol. The lowest BCUT2D eigenvalue weighted by molar-refractivity contribution is 1.19. The zero-order valence-corrected chi connectivity index (χ0v) is 25.6. The van der Waals surface area contributed by atoms with Crippen LogP contribution < -0.4 is 0 Å². The fourth-order valence-electron chi connectivity index (χ4n) is 7.68. The van der Waals surface area contributed by atoms with Crippen LogP contribution in [0.2, 0.25) is 0 Å². The van der Waals surface area contributed by atoms with Gasteiger partial charge in [-0.2, -0.15) is 0 Å². The summed E-state index contributed by atoms with van der Waals surface area (Å²) in [6, 6.07) is 59.5. The van der Waals surface area contributed by atoms with Crippen LogP contribution in [0.3, 0.4) is 0 Å². The molecule has 0 aliphatic heterocycles. The van der Waals surface area contributed by atoms with Crippen molar-refractivity contribution < 1.29 is 0 Å². The maximum absolute atomic E-state index is 4.86. The second kappa shape index (κ2) is 10.1. The molecule has 218 valence electrons. The number of nitrogens with zero attached hydrogens (tertiary/aromatic N) is 2. The van der Waals surface area contributed by atoms with E-state index in [1.54, 1.807) is 0 Å². The second-order valence-electron chi connectivity index (χ2n) is 12.4. The van der Waals surface area contributed by atoms with Crippen LogP contribution in [-0.4, -0.2) is 9.55 Å². The molecule has 2 heterocycles. The Labute approximate surface area is 271 Å². The zero-order valence-electron chi connectivity index (χ0n) is 25.6. The Morgan fingerprint density at radius 3 is 1.68 bits per heavy atom. The summed E-state index contributed by atoms with van der Waals surface area (Å²) in [5.41, 5.74) is 9.45. The monoisotopic (exact) mass is 596 g/mol. The fraction of sp³-hybridized carbons (Fsp3) is 0. The molecule has 0 radical (unpaired) electrons. The smallest absolute Gasteiger partial charge is 0.0702 e. The Morgan fingerprint density at radius 1 is 0.362 bits per heavy atom. The number of aromatic nitrogens is 2. The van der Waals surface area contributed by atoms with Crippen molar-refractivity contribution in [3.63, 3.8) is 0 Å². The van der Waals surface area contributed by atoms with Crippen LogP contribution in [0.4, 0.5) is 0 Å². The van der Waals surface area contributed by atoms with Crippen LogP contribution in [0, 0.1) is 0 Å². The molecular formula is C45H28N2. The highest BCUT2D eigenvalue weighted by Gasteiger charge is 2.19. The van der Waals surface area contributed by atoms with Crippen LogP contribution in [0.5, 0.6) is 0 Å². The molecule has 2 aromatic heterocycles. The molecule has 0 aliphatic carbocycles. The van der Waals surface area contributed by atoms with Crippen LogP contribution in [-0.2, 0) is 0 Å². The van der Waals surface area contributed by atoms with E-state index in [0.717, 1.165) is 16.5 Å². The lowest BCUT2D eigenvalue weighted by atomic mass is 9.86. The predicted octanol–water partition coefficient (Wildman–Crippen LogP) is 12.1. The highest BCUT2D eigenvalue weighted by Crippen LogP contribution is 2.45. The van der Waals surface area contributed by atoms with E-state index in [0.29, 0.717) is 0 Å². The van der Waals surface area contributed by atoms with Crippen molar-refractivity contribution in [2.45, 2.75) is 0 Å². The Balaban J connectivity index is 1.25. The van der Waals surface area contributed by atoms with E-state index in [2.05, 4.69) is 162 Å². The van der Waals surface area contributed by atoms with E-state index < -0.39 is 0 Å². The maximum atomic E-state index is 4.86. The van der Waals surface area contributed by atoms with Gasteiger partial charge in [-0.1, -0.05) is 121 Å². The number of hydrogen-bond acceptors (Lipinski definition) is 1. The molecule has 0 spiro atoms. The first-order valence-electron chi connectivity index (χ1n) is 16.1. The van der Waals surface area contributed by atoms with Crippen molar-refractivity contribution in [1.29, 1.82) is 0 Å². The second-order valence-corrected chi connectivity index (χ2v) is 12.4. The minimum atomic E-state index is 1.01. The van der Waals surface area contributed by atoms with Gasteiger partial charge in [0.25, 0.3) is 0 Å². The van der Waals surface area contributed by atoms with Gasteiger partial charge in [0.05, 0.1) is 16.6 Å². The van der Waals surface area contributed by atoms with Crippen molar-refractivity contribution in [3.05, 3.63) is 170 Å². The number of fused-ring (bicyclic) bond motifs is 7. The standard InChI is InChI=1S/C45H28N2/c1-2-12-30-26-34(23-21-29(30)11-1)47-42-20-10-8-14-35(42)40-27-32(22-24-43(40)47)44-36-15-4-6-17-38(36)45(39-18-7-5-16-37(39)44)33-25-31-13-3-9-19-41(31)46-28-33/h1-28H. The third-order valence-electron chi connectivity index (χ3n) is 9.76. The van der Waals surface area contributed by atoms with Crippen LogP contribution in [0.25, 0.3) is 93.0 Å². The fourth-order valence-corrected chi connectivity index (χ4v) is 7.68. The van der Waals surface area contributed by atoms with Gasteiger partial charge in [0, 0.05) is 33.6 Å². The zero-order chi connectivity index (χ0) is 30.9. The molecule has 0 aliphatic rings. The summed E-state index contributed by atoms with van der Waals surface area (Å²) in [7, 11) is 0. The van der Waals surface area contributed by atoms with Gasteiger partial charge in [-0.15, -0.1) is 0 Å². The van der Waals surface area contributed by atoms with E-state index in [4.69, 9.17) is 4.98 Å². The van der Waals surface area contributed by atoms with Crippen LogP contribution in [0.15, 0.2) is 170 Å². The summed E-state index contributed by atoms with van der Waals surface area (Å²) in [5, 5.41) is 11.1. The lowest BCUT2D eigenvalue weighted by Gasteiger charge is -2.18. The Morgan fingerprint density at radius 2 is 0.936 bits per heavy atom. The molecule has 2 heteroatoms. The Hall–Kier alpha value is -6.25. The topological polar surface area (TPSA) is 17.8 Å². The van der Waals surface area contributed by atoms with Gasteiger partial charge in [-0.3, -0.25) is 4.98 Å². The average Bonchev–Trinajstić information content (AvgIpc) is 3.47. The first-order chi connectivity index (χ1) is 23.3. The first kappa shape index (κ1) is 26.0. The van der Waals surface area contributed by atoms with Crippen LogP contribution in [0.1, 0.15) is 0 Å². The molecule has 0 saturated carbocycles. The van der Waals surface area contributed by atoms with Crippen molar-refractivity contribution in [1.82, 2.24) is 9.55 Å². The summed E-state index contributed by atoms with van der Waals surface area (Å²) in [6.07, 6.45) is 2.03. The van der Waals surface area contributed by atoms with Gasteiger partial charge >= 0.3 is 0 Å². The largest absolute Gasteiger partial charge is 0.309 e. The number of benzene rings is 8. The predicted molar refractivity (Wildman–Crippen MR) is 199 cm³/mol. The van der Waals surface area contributed by atoms with Gasteiger partial charge in [0.1, 0.15) is 0 Å². The summed E-state index contributed by atoms with van der Waals surface area (Å²) in [6.45, 7) is 0. The normalized spacial score (nSPS) is 11.8. The molecule has 10 rings (SSSR count). The third kappa shape index (κ3) is 3.95. The van der Waals surface area contributed by atoms with Gasteiger partial charge in [0.2, 0.25) is 0 Å². The molecule has 47 heavy (non-hydrogen) atoms. The molecule has 0 fully saturated rings. The van der Waals surface area contributed by atoms with E-state index in [1.165, 1.54) is 76.5 Å². The minimum absolute atomic E-state index is 1.01. The number of pyridine rings is 1. The molecule has 8 aromatic carbocycles. The molecule has 0 N–H and O–H groups in total. The molecule has 0 atom stereocenters. The van der Waals surface area contributed by atoms with Gasteiger partial charge in [-0.05, 0) is 91.5 Å². The van der Waals surface area contributed by atoms with Crippen molar-refractivity contribution in [2.75, 3.05) is 0 Å². The summed E-state index contributed by atoms with van der Waals surface area (Å²) < 4.78 is 2.41. The van der Waals surface area contributed by atoms with E-state index >= 15 is 0 Å². The van der Waals surface area contributed by atoms with Crippen molar-refractivity contribution >= 4 is 65.0 Å². The van der Waals surface area contributed by atoms with E-state index in [9.17, 15) is 0 Å². The van der Waals surface area contributed by atoms with Crippen LogP contribution >= 0.6 is 0 Å². The summed E-state index contributed by atoms with van der Waals surface area (Å²) in [5.74, 6) is 0. The molecule has 0 amide bonds. The molecule has 0 bridgehead atoms. The van der Waals surface area contributed by atoms with Crippen molar-refractivity contribution in [3.8, 4) is 27.9 Å². The van der Waals surface area contributed by atoms with Crippen molar-refractivity contribution in [2.24, 2.45) is 0 Å². The Kier molecular flexibility index (Phi) is 5.61.